The molecule has 0 atom stereocenters. The first kappa shape index (κ1) is 14.3. The number of methoxy groups -OCH3 is 1. The molecule has 1 aromatic carbocycles. The number of carboxylic acid groups (broad SMARTS) is 1. The van der Waals surface area contributed by atoms with Crippen LogP contribution in [0.3, 0.4) is 0 Å². The second-order valence-electron chi connectivity index (χ2n) is 4.02. The summed E-state index contributed by atoms with van der Waals surface area (Å²) in [6.45, 7) is 0. The van der Waals surface area contributed by atoms with E-state index in [1.165, 1.54) is 25.3 Å². The van der Waals surface area contributed by atoms with E-state index in [0.717, 1.165) is 6.08 Å². The van der Waals surface area contributed by atoms with Gasteiger partial charge in [0.1, 0.15) is 11.5 Å². The Morgan fingerprint density at radius 1 is 1.38 bits per heavy atom. The molecule has 0 unspecified atom stereocenters. The van der Waals surface area contributed by atoms with Gasteiger partial charge in [-0.15, -0.1) is 0 Å². The predicted octanol–water partition coefficient (Wildman–Crippen LogP) is 2.96. The Labute approximate surface area is 119 Å². The van der Waals surface area contributed by atoms with Crippen LogP contribution in [-0.4, -0.2) is 23.1 Å². The van der Waals surface area contributed by atoms with Gasteiger partial charge in [0.2, 0.25) is 0 Å². The summed E-state index contributed by atoms with van der Waals surface area (Å²) in [5, 5.41) is 19.5. The average Bonchev–Trinajstić information content (AvgIpc) is 2.93. The molecule has 0 saturated heterocycles. The van der Waals surface area contributed by atoms with Crippen molar-refractivity contribution in [3.63, 3.8) is 0 Å². The lowest BCUT2D eigenvalue weighted by molar-refractivity contribution is -0.385. The Balaban J connectivity index is 2.36. The number of nitro benzene ring substituents is 1. The summed E-state index contributed by atoms with van der Waals surface area (Å²) >= 11 is 0. The minimum Gasteiger partial charge on any atom is -0.490 e. The van der Waals surface area contributed by atoms with E-state index in [-0.39, 0.29) is 11.4 Å². The molecule has 1 aromatic heterocycles. The van der Waals surface area contributed by atoms with Gasteiger partial charge in [0.15, 0.2) is 5.75 Å². The van der Waals surface area contributed by atoms with Crippen molar-refractivity contribution in [3.8, 4) is 17.1 Å². The van der Waals surface area contributed by atoms with Crippen molar-refractivity contribution in [2.45, 2.75) is 0 Å². The predicted molar refractivity (Wildman–Crippen MR) is 74.0 cm³/mol. The molecule has 0 spiro atoms. The molecule has 21 heavy (non-hydrogen) atoms. The average molecular weight is 289 g/mol. The fraction of sp³-hybridized carbons (Fsp3) is 0.0714. The molecule has 0 fully saturated rings. The molecule has 0 bridgehead atoms. The van der Waals surface area contributed by atoms with Crippen LogP contribution >= 0.6 is 0 Å². The molecule has 0 aliphatic heterocycles. The van der Waals surface area contributed by atoms with Crippen LogP contribution in [-0.2, 0) is 4.79 Å². The third-order valence-corrected chi connectivity index (χ3v) is 2.68. The topological polar surface area (TPSA) is 103 Å². The Morgan fingerprint density at radius 2 is 2.14 bits per heavy atom. The van der Waals surface area contributed by atoms with E-state index in [1.807, 2.05) is 0 Å². The monoisotopic (exact) mass is 289 g/mol. The van der Waals surface area contributed by atoms with E-state index in [0.29, 0.717) is 17.1 Å². The Hall–Kier alpha value is -3.09. The fourth-order valence-corrected chi connectivity index (χ4v) is 1.74. The molecule has 108 valence electrons. The van der Waals surface area contributed by atoms with E-state index in [1.54, 1.807) is 18.2 Å². The van der Waals surface area contributed by atoms with Gasteiger partial charge in [-0.2, -0.15) is 0 Å². The normalized spacial score (nSPS) is 10.7. The first-order valence-corrected chi connectivity index (χ1v) is 5.85. The van der Waals surface area contributed by atoms with Crippen LogP contribution in [0, 0.1) is 10.1 Å². The smallest absolute Gasteiger partial charge is 0.328 e. The van der Waals surface area contributed by atoms with Crippen molar-refractivity contribution in [3.05, 3.63) is 52.3 Å². The van der Waals surface area contributed by atoms with Crippen molar-refractivity contribution < 1.29 is 24.0 Å². The highest BCUT2D eigenvalue weighted by molar-refractivity contribution is 5.84. The molecule has 7 nitrogen and oxygen atoms in total. The number of carboxylic acids is 1. The van der Waals surface area contributed by atoms with Crippen molar-refractivity contribution >= 4 is 17.7 Å². The molecule has 0 aliphatic carbocycles. The summed E-state index contributed by atoms with van der Waals surface area (Å²) in [5.41, 5.74) is 0.325. The van der Waals surface area contributed by atoms with Crippen molar-refractivity contribution in [1.29, 1.82) is 0 Å². The summed E-state index contributed by atoms with van der Waals surface area (Å²) in [5.74, 6) is -0.203. The van der Waals surface area contributed by atoms with Crippen molar-refractivity contribution in [1.82, 2.24) is 0 Å². The van der Waals surface area contributed by atoms with Gasteiger partial charge < -0.3 is 14.3 Å². The number of benzene rings is 1. The van der Waals surface area contributed by atoms with E-state index in [2.05, 4.69) is 0 Å². The number of nitro groups is 1. The van der Waals surface area contributed by atoms with Gasteiger partial charge in [0.05, 0.1) is 12.0 Å². The molecule has 7 heteroatoms. The van der Waals surface area contributed by atoms with Crippen LogP contribution < -0.4 is 4.74 Å². The van der Waals surface area contributed by atoms with Gasteiger partial charge in [-0.1, -0.05) is 0 Å². The largest absolute Gasteiger partial charge is 0.490 e. The lowest BCUT2D eigenvalue weighted by Crippen LogP contribution is -1.93. The van der Waals surface area contributed by atoms with Gasteiger partial charge in [-0.3, -0.25) is 10.1 Å². The van der Waals surface area contributed by atoms with Gasteiger partial charge in [0, 0.05) is 17.7 Å². The zero-order chi connectivity index (χ0) is 15.4. The lowest BCUT2D eigenvalue weighted by atomic mass is 10.1. The molecule has 1 N–H and O–H groups in total. The summed E-state index contributed by atoms with van der Waals surface area (Å²) < 4.78 is 10.3. The molecular weight excluding hydrogens is 278 g/mol. The second-order valence-corrected chi connectivity index (χ2v) is 4.02. The van der Waals surface area contributed by atoms with Gasteiger partial charge in [-0.25, -0.2) is 4.79 Å². The highest BCUT2D eigenvalue weighted by Crippen LogP contribution is 2.32. The number of aliphatic carboxylic acids is 1. The number of hydrogen-bond donors (Lipinski definition) is 1. The third-order valence-electron chi connectivity index (χ3n) is 2.68. The van der Waals surface area contributed by atoms with E-state index >= 15 is 0 Å². The first-order valence-electron chi connectivity index (χ1n) is 5.85. The van der Waals surface area contributed by atoms with E-state index in [9.17, 15) is 14.9 Å². The number of carbonyl (C=O) groups is 1. The number of nitrogens with zero attached hydrogens (tertiary/aromatic N) is 1. The van der Waals surface area contributed by atoms with Gasteiger partial charge in [-0.05, 0) is 30.3 Å². The van der Waals surface area contributed by atoms with Gasteiger partial charge >= 0.3 is 11.7 Å². The lowest BCUT2D eigenvalue weighted by Gasteiger charge is -2.03. The third kappa shape index (κ3) is 3.27. The molecule has 2 rings (SSSR count). The van der Waals surface area contributed by atoms with Crippen LogP contribution in [0.2, 0.25) is 0 Å². The molecular formula is C14H11NO6. The maximum atomic E-state index is 11.0. The Kier molecular flexibility index (Phi) is 4.03. The molecule has 2 aromatic rings. The standard InChI is InChI=1S/C14H11NO6/c1-20-13-5-2-9(8-11(13)15(18)19)12-6-3-10(21-12)4-7-14(16)17/h2-8H,1H3,(H,16,17)/b7-4+. The van der Waals surface area contributed by atoms with E-state index in [4.69, 9.17) is 14.3 Å². The Morgan fingerprint density at radius 3 is 2.76 bits per heavy atom. The zero-order valence-electron chi connectivity index (χ0n) is 11.0. The summed E-state index contributed by atoms with van der Waals surface area (Å²) in [6, 6.07) is 7.61. The second kappa shape index (κ2) is 5.91. The summed E-state index contributed by atoms with van der Waals surface area (Å²) in [6.07, 6.45) is 2.24. The minimum atomic E-state index is -1.09. The van der Waals surface area contributed by atoms with E-state index < -0.39 is 10.9 Å². The van der Waals surface area contributed by atoms with Crippen LogP contribution in [0.5, 0.6) is 5.75 Å². The highest BCUT2D eigenvalue weighted by atomic mass is 16.6. The van der Waals surface area contributed by atoms with Crippen molar-refractivity contribution in [2.75, 3.05) is 7.11 Å². The van der Waals surface area contributed by atoms with Crippen LogP contribution in [0.25, 0.3) is 17.4 Å². The summed E-state index contributed by atoms with van der Waals surface area (Å²) in [4.78, 5) is 20.8. The van der Waals surface area contributed by atoms with Crippen LogP contribution in [0.4, 0.5) is 5.69 Å². The zero-order valence-corrected chi connectivity index (χ0v) is 11.0. The quantitative estimate of drug-likeness (QED) is 0.515. The number of hydrogen-bond acceptors (Lipinski definition) is 5. The SMILES string of the molecule is COc1ccc(-c2ccc(/C=C/C(=O)O)o2)cc1[N+](=O)[O-]. The molecule has 0 radical (unpaired) electrons. The fourth-order valence-electron chi connectivity index (χ4n) is 1.74. The maximum Gasteiger partial charge on any atom is 0.328 e. The minimum absolute atomic E-state index is 0.154. The molecule has 0 saturated carbocycles. The maximum absolute atomic E-state index is 11.0. The van der Waals surface area contributed by atoms with Crippen molar-refractivity contribution in [2.24, 2.45) is 0 Å². The molecule has 1 heterocycles. The number of rotatable bonds is 5. The van der Waals surface area contributed by atoms with Crippen LogP contribution in [0.15, 0.2) is 40.8 Å². The number of furan rings is 1. The summed E-state index contributed by atoms with van der Waals surface area (Å²) in [7, 11) is 1.35. The van der Waals surface area contributed by atoms with Crippen LogP contribution in [0.1, 0.15) is 5.76 Å². The molecule has 0 aliphatic rings. The molecule has 0 amide bonds. The number of ether oxygens (including phenoxy) is 1. The highest BCUT2D eigenvalue weighted by Gasteiger charge is 2.17. The van der Waals surface area contributed by atoms with Gasteiger partial charge in [0.25, 0.3) is 0 Å². The first-order chi connectivity index (χ1) is 10.0. The Bertz CT molecular complexity index is 716.